The highest BCUT2D eigenvalue weighted by Gasteiger charge is 2.53. The fourth-order valence-electron chi connectivity index (χ4n) is 4.90. The Morgan fingerprint density at radius 1 is 0.969 bits per heavy atom. The first-order chi connectivity index (χ1) is 15.5. The number of fused-ring (bicyclic) bond motifs is 3. The van der Waals surface area contributed by atoms with Gasteiger partial charge in [-0.05, 0) is 17.2 Å². The fourth-order valence-corrected chi connectivity index (χ4v) is 7.63. The maximum Gasteiger partial charge on any atom is 0.308 e. The highest BCUT2D eigenvalue weighted by Crippen LogP contribution is 2.52. The topological polar surface area (TPSA) is 73.1 Å². The number of imide groups is 1. The van der Waals surface area contributed by atoms with Crippen molar-refractivity contribution < 1.29 is 9.59 Å². The Bertz CT molecular complexity index is 1450. The molecule has 1 N–H and O–H groups in total. The number of thioether (sulfide) groups is 1. The Labute approximate surface area is 191 Å². The first kappa shape index (κ1) is 19.6. The van der Waals surface area contributed by atoms with Crippen LogP contribution in [-0.2, 0) is 23.2 Å². The van der Waals surface area contributed by atoms with Crippen molar-refractivity contribution in [1.82, 2.24) is 14.5 Å². The number of carbonyl (C=O) groups is 2. The van der Waals surface area contributed by atoms with Crippen LogP contribution in [0.5, 0.6) is 0 Å². The molecule has 6 rings (SSSR count). The second-order valence-electron chi connectivity index (χ2n) is 8.22. The number of rotatable bonds is 3. The van der Waals surface area contributed by atoms with Crippen LogP contribution in [0.1, 0.15) is 21.9 Å². The second kappa shape index (κ2) is 7.21. The summed E-state index contributed by atoms with van der Waals surface area (Å²) < 4.78 is 3.80. The van der Waals surface area contributed by atoms with Gasteiger partial charge >= 0.3 is 4.87 Å². The molecule has 160 valence electrons. The van der Waals surface area contributed by atoms with Crippen molar-refractivity contribution >= 4 is 45.8 Å². The standard InChI is InChI=1S/C24H19N3O3S2/c1-26-12-15(14-9-5-6-10-16(14)26)17-18-19(22(29)25-21(18)28)31-23-20(17)32-24(30)27(23)11-13-7-3-2-4-8-13/h2-10,12,17-19H,11H2,1H3,(H,25,28,29)/t17-,18-,19-/m0/s1. The molecule has 3 atom stereocenters. The number of amides is 2. The summed E-state index contributed by atoms with van der Waals surface area (Å²) in [6.07, 6.45) is 2.04. The first-order valence-electron chi connectivity index (χ1n) is 10.4. The Morgan fingerprint density at radius 3 is 2.53 bits per heavy atom. The van der Waals surface area contributed by atoms with Crippen LogP contribution in [-0.4, -0.2) is 26.2 Å². The Balaban J connectivity index is 1.58. The zero-order valence-electron chi connectivity index (χ0n) is 17.1. The predicted molar refractivity (Wildman–Crippen MR) is 125 cm³/mol. The molecule has 4 heterocycles. The number of benzene rings is 2. The lowest BCUT2D eigenvalue weighted by Crippen LogP contribution is -2.32. The summed E-state index contributed by atoms with van der Waals surface area (Å²) in [4.78, 5) is 39.5. The molecule has 0 unspecified atom stereocenters. The Hall–Kier alpha value is -3.10. The lowest BCUT2D eigenvalue weighted by atomic mass is 9.83. The van der Waals surface area contributed by atoms with Gasteiger partial charge < -0.3 is 4.57 Å². The van der Waals surface area contributed by atoms with Gasteiger partial charge in [-0.2, -0.15) is 0 Å². The van der Waals surface area contributed by atoms with Crippen LogP contribution in [0.15, 0.2) is 70.6 Å². The van der Waals surface area contributed by atoms with Gasteiger partial charge in [0.1, 0.15) is 5.25 Å². The average molecular weight is 462 g/mol. The van der Waals surface area contributed by atoms with E-state index in [1.54, 1.807) is 4.57 Å². The van der Waals surface area contributed by atoms with Crippen LogP contribution in [0.4, 0.5) is 0 Å². The molecule has 0 radical (unpaired) electrons. The van der Waals surface area contributed by atoms with Gasteiger partial charge in [0.25, 0.3) is 0 Å². The summed E-state index contributed by atoms with van der Waals surface area (Å²) in [5.74, 6) is -1.41. The molecule has 4 aromatic rings. The van der Waals surface area contributed by atoms with Gasteiger partial charge in [0.05, 0.1) is 17.5 Å². The molecule has 8 heteroatoms. The molecule has 32 heavy (non-hydrogen) atoms. The van der Waals surface area contributed by atoms with Gasteiger partial charge in [-0.3, -0.25) is 24.3 Å². The van der Waals surface area contributed by atoms with Crippen LogP contribution in [0.25, 0.3) is 10.9 Å². The van der Waals surface area contributed by atoms with E-state index in [0.717, 1.165) is 31.9 Å². The van der Waals surface area contributed by atoms with Gasteiger partial charge in [0, 0.05) is 34.9 Å². The summed E-state index contributed by atoms with van der Waals surface area (Å²) in [5, 5.41) is 3.83. The van der Waals surface area contributed by atoms with Gasteiger partial charge in [0.15, 0.2) is 0 Å². The maximum atomic E-state index is 13.1. The number of hydrogen-bond acceptors (Lipinski definition) is 5. The predicted octanol–water partition coefficient (Wildman–Crippen LogP) is 3.33. The molecule has 2 amide bonds. The van der Waals surface area contributed by atoms with Crippen LogP contribution >= 0.6 is 23.1 Å². The Kier molecular flexibility index (Phi) is 4.41. The SMILES string of the molecule is Cn1cc([C@@H]2c3sc(=O)n(Cc4ccccc4)c3S[C@@H]3C(=O)NC(=O)[C@@H]23)c2ccccc21. The lowest BCUT2D eigenvalue weighted by molar-refractivity contribution is -0.125. The van der Waals surface area contributed by atoms with Crippen molar-refractivity contribution in [2.75, 3.05) is 0 Å². The molecule has 1 fully saturated rings. The van der Waals surface area contributed by atoms with Crippen molar-refractivity contribution in [1.29, 1.82) is 0 Å². The maximum absolute atomic E-state index is 13.1. The molecule has 0 saturated carbocycles. The molecule has 0 spiro atoms. The minimum absolute atomic E-state index is 0.0654. The van der Waals surface area contributed by atoms with Crippen molar-refractivity contribution in [3.05, 3.63) is 86.5 Å². The van der Waals surface area contributed by atoms with Crippen LogP contribution in [0.3, 0.4) is 0 Å². The smallest absolute Gasteiger partial charge is 0.308 e. The van der Waals surface area contributed by atoms with Gasteiger partial charge in [0.2, 0.25) is 11.8 Å². The van der Waals surface area contributed by atoms with E-state index in [9.17, 15) is 14.4 Å². The number of thiazole rings is 1. The molecule has 2 aliphatic heterocycles. The molecular formula is C24H19N3O3S2. The molecule has 1 saturated heterocycles. The fraction of sp³-hybridized carbons (Fsp3) is 0.208. The Morgan fingerprint density at radius 2 is 1.72 bits per heavy atom. The third kappa shape index (κ3) is 2.83. The number of nitrogens with zero attached hydrogens (tertiary/aromatic N) is 2. The minimum Gasteiger partial charge on any atom is -0.350 e. The number of aromatic nitrogens is 2. The summed E-state index contributed by atoms with van der Waals surface area (Å²) in [6, 6.07) is 17.9. The summed E-state index contributed by atoms with van der Waals surface area (Å²) >= 11 is 2.55. The van der Waals surface area contributed by atoms with E-state index in [-0.39, 0.29) is 22.6 Å². The van der Waals surface area contributed by atoms with Crippen molar-refractivity contribution in [3.63, 3.8) is 0 Å². The van der Waals surface area contributed by atoms with E-state index in [1.807, 2.05) is 72.4 Å². The van der Waals surface area contributed by atoms with E-state index in [4.69, 9.17) is 0 Å². The minimum atomic E-state index is -0.546. The third-order valence-corrected chi connectivity index (χ3v) is 8.95. The van der Waals surface area contributed by atoms with E-state index in [1.165, 1.54) is 23.1 Å². The molecule has 0 bridgehead atoms. The van der Waals surface area contributed by atoms with Gasteiger partial charge in [-0.25, -0.2) is 0 Å². The van der Waals surface area contributed by atoms with Crippen LogP contribution in [0, 0.1) is 5.92 Å². The largest absolute Gasteiger partial charge is 0.350 e. The van der Waals surface area contributed by atoms with Gasteiger partial charge in [-0.15, -0.1) is 0 Å². The highest BCUT2D eigenvalue weighted by molar-refractivity contribution is 8.00. The number of para-hydroxylation sites is 1. The quantitative estimate of drug-likeness (QED) is 0.475. The van der Waals surface area contributed by atoms with Crippen LogP contribution in [0.2, 0.25) is 0 Å². The van der Waals surface area contributed by atoms with Crippen molar-refractivity contribution in [2.45, 2.75) is 22.7 Å². The zero-order valence-corrected chi connectivity index (χ0v) is 18.8. The lowest BCUT2D eigenvalue weighted by Gasteiger charge is -2.30. The summed E-state index contributed by atoms with van der Waals surface area (Å²) in [6.45, 7) is 0.438. The van der Waals surface area contributed by atoms with Crippen molar-refractivity contribution in [2.24, 2.45) is 13.0 Å². The second-order valence-corrected chi connectivity index (χ2v) is 10.3. The normalized spacial score (nSPS) is 22.1. The monoisotopic (exact) mass is 461 g/mol. The zero-order chi connectivity index (χ0) is 22.0. The number of aryl methyl sites for hydroxylation is 1. The molecule has 6 nitrogen and oxygen atoms in total. The molecular weight excluding hydrogens is 442 g/mol. The molecule has 0 aliphatic carbocycles. The van der Waals surface area contributed by atoms with Gasteiger partial charge in [-0.1, -0.05) is 71.6 Å². The number of nitrogens with one attached hydrogen (secondary N) is 1. The number of carbonyl (C=O) groups excluding carboxylic acids is 2. The highest BCUT2D eigenvalue weighted by atomic mass is 32.2. The number of hydrogen-bond donors (Lipinski definition) is 1. The summed E-state index contributed by atoms with van der Waals surface area (Å²) in [7, 11) is 1.98. The van der Waals surface area contributed by atoms with E-state index >= 15 is 0 Å². The van der Waals surface area contributed by atoms with Crippen molar-refractivity contribution in [3.8, 4) is 0 Å². The molecule has 2 aliphatic rings. The van der Waals surface area contributed by atoms with E-state index in [0.29, 0.717) is 6.54 Å². The van der Waals surface area contributed by atoms with E-state index < -0.39 is 11.2 Å². The van der Waals surface area contributed by atoms with Crippen LogP contribution < -0.4 is 10.2 Å². The third-order valence-electron chi connectivity index (χ3n) is 6.33. The first-order valence-corrected chi connectivity index (χ1v) is 12.1. The van der Waals surface area contributed by atoms with E-state index in [2.05, 4.69) is 5.32 Å². The average Bonchev–Trinajstić information content (AvgIpc) is 3.39. The molecule has 2 aromatic carbocycles. The summed E-state index contributed by atoms with van der Waals surface area (Å²) in [5.41, 5.74) is 3.06. The molecule has 2 aromatic heterocycles.